The molecule has 0 aromatic heterocycles. The molecule has 0 saturated carbocycles. The molecule has 6 nitrogen and oxygen atoms in total. The van der Waals surface area contributed by atoms with Crippen molar-refractivity contribution < 1.29 is 27.5 Å². The molecule has 3 unspecified atom stereocenters. The molecular formula is C11H25ClO6Si. The Kier molecular flexibility index (Phi) is 10.2. The van der Waals surface area contributed by atoms with Crippen LogP contribution < -0.4 is 0 Å². The van der Waals surface area contributed by atoms with Gasteiger partial charge in [-0.1, -0.05) is 0 Å². The fourth-order valence-corrected chi connectivity index (χ4v) is 4.53. The van der Waals surface area contributed by atoms with E-state index in [9.17, 15) is 0 Å². The molecule has 0 spiro atoms. The molecule has 0 aromatic carbocycles. The Morgan fingerprint density at radius 3 is 1.32 bits per heavy atom. The van der Waals surface area contributed by atoms with E-state index in [1.54, 1.807) is 42.1 Å². The van der Waals surface area contributed by atoms with E-state index in [2.05, 4.69) is 0 Å². The molecule has 0 heterocycles. The summed E-state index contributed by atoms with van der Waals surface area (Å²) in [6.45, 7) is 5.28. The number of halogens is 1. The summed E-state index contributed by atoms with van der Waals surface area (Å²) in [4.78, 5) is 0. The first-order chi connectivity index (χ1) is 8.92. The van der Waals surface area contributed by atoms with Crippen LogP contribution in [0.4, 0.5) is 0 Å². The zero-order valence-electron chi connectivity index (χ0n) is 12.5. The third kappa shape index (κ3) is 7.57. The SMILES string of the molecule is COC(C)O[Si](CCCl)(OC(C)OC)OC(C)OC. The number of hydrogen-bond acceptors (Lipinski definition) is 6. The number of methoxy groups -OCH3 is 3. The first-order valence-corrected chi connectivity index (χ1v) is 8.57. The molecule has 116 valence electrons. The van der Waals surface area contributed by atoms with E-state index in [0.29, 0.717) is 11.9 Å². The summed E-state index contributed by atoms with van der Waals surface area (Å²) in [5.74, 6) is 0.343. The van der Waals surface area contributed by atoms with Crippen molar-refractivity contribution in [3.05, 3.63) is 0 Å². The lowest BCUT2D eigenvalue weighted by molar-refractivity contribution is -0.162. The standard InChI is InChI=1S/C11H25ClO6Si/c1-9(13-4)16-19(8-7-12,17-10(2)14-5)18-11(3)15-6/h9-11H,7-8H2,1-6H3. The van der Waals surface area contributed by atoms with Gasteiger partial charge in [-0.15, -0.1) is 11.6 Å². The lowest BCUT2D eigenvalue weighted by Gasteiger charge is -2.34. The maximum Gasteiger partial charge on any atom is 0.508 e. The van der Waals surface area contributed by atoms with Crippen molar-refractivity contribution in [1.82, 2.24) is 0 Å². The van der Waals surface area contributed by atoms with Gasteiger partial charge in [-0.3, -0.25) is 0 Å². The molecule has 0 aromatic rings. The molecule has 0 aliphatic heterocycles. The van der Waals surface area contributed by atoms with Gasteiger partial charge in [0, 0.05) is 33.3 Å². The molecule has 19 heavy (non-hydrogen) atoms. The molecule has 0 bridgehead atoms. The Morgan fingerprint density at radius 1 is 0.789 bits per heavy atom. The minimum Gasteiger partial charge on any atom is -0.357 e. The van der Waals surface area contributed by atoms with Crippen LogP contribution in [0.15, 0.2) is 0 Å². The number of hydrogen-bond donors (Lipinski definition) is 0. The van der Waals surface area contributed by atoms with Crippen LogP contribution >= 0.6 is 11.6 Å². The fraction of sp³-hybridized carbons (Fsp3) is 1.00. The zero-order valence-corrected chi connectivity index (χ0v) is 14.2. The van der Waals surface area contributed by atoms with Gasteiger partial charge in [0.05, 0.1) is 0 Å². The smallest absolute Gasteiger partial charge is 0.357 e. The van der Waals surface area contributed by atoms with E-state index in [4.69, 9.17) is 39.1 Å². The van der Waals surface area contributed by atoms with Crippen LogP contribution in [0.5, 0.6) is 0 Å². The molecule has 0 radical (unpaired) electrons. The first kappa shape index (κ1) is 19.3. The molecule has 0 saturated heterocycles. The second kappa shape index (κ2) is 10.1. The Balaban J connectivity index is 4.96. The van der Waals surface area contributed by atoms with Gasteiger partial charge in [0.1, 0.15) is 18.9 Å². The van der Waals surface area contributed by atoms with Crippen LogP contribution in [0.3, 0.4) is 0 Å². The summed E-state index contributed by atoms with van der Waals surface area (Å²) in [6, 6.07) is 0.434. The van der Waals surface area contributed by atoms with E-state index in [0.717, 1.165) is 0 Å². The zero-order chi connectivity index (χ0) is 14.9. The highest BCUT2D eigenvalue weighted by atomic mass is 35.5. The van der Waals surface area contributed by atoms with Gasteiger partial charge in [-0.2, -0.15) is 0 Å². The second-order valence-electron chi connectivity index (χ2n) is 3.89. The maximum atomic E-state index is 5.84. The van der Waals surface area contributed by atoms with Crippen molar-refractivity contribution in [3.63, 3.8) is 0 Å². The maximum absolute atomic E-state index is 5.84. The Hall–Kier alpha value is 0.267. The quantitative estimate of drug-likeness (QED) is 0.331. The van der Waals surface area contributed by atoms with Crippen molar-refractivity contribution in [2.45, 2.75) is 45.7 Å². The van der Waals surface area contributed by atoms with Gasteiger partial charge in [-0.25, -0.2) is 0 Å². The molecule has 0 amide bonds. The topological polar surface area (TPSA) is 55.4 Å². The normalized spacial score (nSPS) is 19.7. The predicted molar refractivity (Wildman–Crippen MR) is 73.9 cm³/mol. The van der Waals surface area contributed by atoms with Crippen LogP contribution in [-0.2, 0) is 27.5 Å². The summed E-state index contributed by atoms with van der Waals surface area (Å²) in [6.07, 6.45) is -1.41. The lowest BCUT2D eigenvalue weighted by Crippen LogP contribution is -2.52. The van der Waals surface area contributed by atoms with E-state index in [1.165, 1.54) is 0 Å². The Morgan fingerprint density at radius 2 is 1.11 bits per heavy atom. The van der Waals surface area contributed by atoms with Crippen LogP contribution in [-0.4, -0.2) is 54.9 Å². The highest BCUT2D eigenvalue weighted by Crippen LogP contribution is 2.23. The molecule has 0 rings (SSSR count). The molecular weight excluding hydrogens is 292 g/mol. The Labute approximate surface area is 121 Å². The highest BCUT2D eigenvalue weighted by molar-refractivity contribution is 6.61. The number of ether oxygens (including phenoxy) is 3. The van der Waals surface area contributed by atoms with Crippen molar-refractivity contribution in [2.75, 3.05) is 27.2 Å². The van der Waals surface area contributed by atoms with Gasteiger partial charge in [0.15, 0.2) is 0 Å². The van der Waals surface area contributed by atoms with Crippen LogP contribution in [0.2, 0.25) is 6.04 Å². The molecule has 3 atom stereocenters. The molecule has 0 aliphatic rings. The molecule has 0 aliphatic carbocycles. The summed E-state index contributed by atoms with van der Waals surface area (Å²) < 4.78 is 32.7. The van der Waals surface area contributed by atoms with Crippen LogP contribution in [0.25, 0.3) is 0 Å². The van der Waals surface area contributed by atoms with Gasteiger partial charge >= 0.3 is 8.80 Å². The summed E-state index contributed by atoms with van der Waals surface area (Å²) in [5.41, 5.74) is 0. The average molecular weight is 317 g/mol. The molecule has 0 fully saturated rings. The third-order valence-corrected chi connectivity index (χ3v) is 5.87. The van der Waals surface area contributed by atoms with Crippen molar-refractivity contribution >= 4 is 20.4 Å². The first-order valence-electron chi connectivity index (χ1n) is 6.10. The van der Waals surface area contributed by atoms with Gasteiger partial charge < -0.3 is 27.5 Å². The predicted octanol–water partition coefficient (Wildman–Crippen LogP) is 2.19. The van der Waals surface area contributed by atoms with Gasteiger partial charge in [-0.05, 0) is 20.8 Å². The van der Waals surface area contributed by atoms with Crippen LogP contribution in [0, 0.1) is 0 Å². The third-order valence-electron chi connectivity index (χ3n) is 2.43. The van der Waals surface area contributed by atoms with E-state index in [1.807, 2.05) is 0 Å². The number of rotatable bonds is 11. The van der Waals surface area contributed by atoms with E-state index < -0.39 is 27.7 Å². The van der Waals surface area contributed by atoms with Crippen molar-refractivity contribution in [3.8, 4) is 0 Å². The number of alkyl halides is 1. The highest BCUT2D eigenvalue weighted by Gasteiger charge is 2.45. The fourth-order valence-electron chi connectivity index (χ4n) is 1.28. The van der Waals surface area contributed by atoms with Gasteiger partial charge in [0.25, 0.3) is 0 Å². The molecule has 8 heteroatoms. The summed E-state index contributed by atoms with van der Waals surface area (Å²) in [5, 5.41) is 0. The van der Waals surface area contributed by atoms with Crippen molar-refractivity contribution in [2.24, 2.45) is 0 Å². The average Bonchev–Trinajstić information content (AvgIpc) is 2.38. The van der Waals surface area contributed by atoms with Crippen molar-refractivity contribution in [1.29, 1.82) is 0 Å². The minimum absolute atomic E-state index is 0.343. The van der Waals surface area contributed by atoms with Gasteiger partial charge in [0.2, 0.25) is 0 Å². The second-order valence-corrected chi connectivity index (χ2v) is 6.84. The monoisotopic (exact) mass is 316 g/mol. The molecule has 0 N–H and O–H groups in total. The largest absolute Gasteiger partial charge is 0.508 e. The van der Waals surface area contributed by atoms with E-state index >= 15 is 0 Å². The minimum atomic E-state index is -3.05. The lowest BCUT2D eigenvalue weighted by atomic mass is 10.8. The Bertz CT molecular complexity index is 202. The summed E-state index contributed by atoms with van der Waals surface area (Å²) >= 11 is 5.84. The van der Waals surface area contributed by atoms with E-state index in [-0.39, 0.29) is 0 Å². The van der Waals surface area contributed by atoms with Crippen LogP contribution in [0.1, 0.15) is 20.8 Å². The summed E-state index contributed by atoms with van der Waals surface area (Å²) in [7, 11) is 1.58.